The van der Waals surface area contributed by atoms with Gasteiger partial charge >= 0.3 is 0 Å². The van der Waals surface area contributed by atoms with Gasteiger partial charge in [0.1, 0.15) is 5.69 Å². The van der Waals surface area contributed by atoms with Crippen LogP contribution in [-0.2, 0) is 13.5 Å². The Morgan fingerprint density at radius 3 is 2.71 bits per heavy atom. The van der Waals surface area contributed by atoms with Crippen molar-refractivity contribution < 1.29 is 9.90 Å². The van der Waals surface area contributed by atoms with E-state index in [9.17, 15) is 14.7 Å². The summed E-state index contributed by atoms with van der Waals surface area (Å²) in [5.74, 6) is -0.245. The van der Waals surface area contributed by atoms with Crippen LogP contribution >= 0.6 is 0 Å². The molecule has 1 fully saturated rings. The number of carbonyl (C=O) groups excluding carboxylic acids is 1. The lowest BCUT2D eigenvalue weighted by Gasteiger charge is -2.39. The zero-order valence-corrected chi connectivity index (χ0v) is 13.6. The van der Waals surface area contributed by atoms with E-state index in [1.165, 1.54) is 19.2 Å². The van der Waals surface area contributed by atoms with Crippen LogP contribution in [0.5, 0.6) is 0 Å². The Hall–Kier alpha value is -2.47. The smallest absolute Gasteiger partial charge is 0.274 e. The molecule has 126 valence electrons. The molecule has 0 aliphatic carbocycles. The van der Waals surface area contributed by atoms with Gasteiger partial charge in [0.25, 0.3) is 11.5 Å². The van der Waals surface area contributed by atoms with E-state index in [4.69, 9.17) is 0 Å². The summed E-state index contributed by atoms with van der Waals surface area (Å²) >= 11 is 0. The highest BCUT2D eigenvalue weighted by atomic mass is 16.3. The van der Waals surface area contributed by atoms with E-state index in [0.717, 1.165) is 16.7 Å². The molecule has 0 bridgehead atoms. The standard InChI is InChI=1S/C18H21N3O3/c1-20-17(23)10-9-14(19-20)18(24)21-11-5-8-16(22)15(21)12-13-6-3-2-4-7-13/h2-4,6-7,9-10,15-16,22H,5,8,11-12H2,1H3/t15-,16-/m0/s1. The van der Waals surface area contributed by atoms with Gasteiger partial charge in [-0.3, -0.25) is 9.59 Å². The van der Waals surface area contributed by atoms with Crippen LogP contribution in [0.3, 0.4) is 0 Å². The van der Waals surface area contributed by atoms with E-state index >= 15 is 0 Å². The Morgan fingerprint density at radius 1 is 1.25 bits per heavy atom. The molecule has 1 aliphatic heterocycles. The minimum atomic E-state index is -0.560. The van der Waals surface area contributed by atoms with Gasteiger partial charge in [-0.05, 0) is 30.9 Å². The molecule has 0 saturated carbocycles. The molecule has 2 heterocycles. The highest BCUT2D eigenvalue weighted by Gasteiger charge is 2.34. The quantitative estimate of drug-likeness (QED) is 0.912. The number of amides is 1. The number of hydrogen-bond acceptors (Lipinski definition) is 4. The van der Waals surface area contributed by atoms with E-state index in [1.54, 1.807) is 4.90 Å². The van der Waals surface area contributed by atoms with Gasteiger partial charge in [-0.15, -0.1) is 0 Å². The van der Waals surface area contributed by atoms with Crippen molar-refractivity contribution in [2.24, 2.45) is 7.05 Å². The molecule has 6 heteroatoms. The molecular weight excluding hydrogens is 306 g/mol. The predicted molar refractivity (Wildman–Crippen MR) is 89.7 cm³/mol. The second kappa shape index (κ2) is 6.97. The largest absolute Gasteiger partial charge is 0.391 e. The van der Waals surface area contributed by atoms with E-state index in [0.29, 0.717) is 19.4 Å². The van der Waals surface area contributed by atoms with Crippen LogP contribution in [0.4, 0.5) is 0 Å². The molecule has 24 heavy (non-hydrogen) atoms. The topological polar surface area (TPSA) is 75.4 Å². The number of likely N-dealkylation sites (tertiary alicyclic amines) is 1. The lowest BCUT2D eigenvalue weighted by atomic mass is 9.92. The monoisotopic (exact) mass is 327 g/mol. The molecule has 0 unspecified atom stereocenters. The van der Waals surface area contributed by atoms with Crippen LogP contribution < -0.4 is 5.56 Å². The molecule has 6 nitrogen and oxygen atoms in total. The number of carbonyl (C=O) groups is 1. The first kappa shape index (κ1) is 16.4. The van der Waals surface area contributed by atoms with Crippen molar-refractivity contribution >= 4 is 5.91 Å². The van der Waals surface area contributed by atoms with Gasteiger partial charge in [0, 0.05) is 19.7 Å². The Balaban J connectivity index is 1.86. The minimum absolute atomic E-state index is 0.226. The van der Waals surface area contributed by atoms with E-state index in [-0.39, 0.29) is 23.2 Å². The van der Waals surface area contributed by atoms with Crippen LogP contribution in [-0.4, -0.2) is 44.4 Å². The average molecular weight is 327 g/mol. The summed E-state index contributed by atoms with van der Waals surface area (Å²) in [5.41, 5.74) is 1.05. The molecule has 2 aromatic rings. The highest BCUT2D eigenvalue weighted by molar-refractivity contribution is 5.92. The van der Waals surface area contributed by atoms with Crippen molar-refractivity contribution in [1.29, 1.82) is 0 Å². The maximum absolute atomic E-state index is 12.8. The van der Waals surface area contributed by atoms with Gasteiger partial charge in [0.2, 0.25) is 0 Å². The summed E-state index contributed by atoms with van der Waals surface area (Å²) in [6.45, 7) is 0.581. The van der Waals surface area contributed by atoms with E-state index in [1.807, 2.05) is 30.3 Å². The van der Waals surface area contributed by atoms with Gasteiger partial charge in [0.05, 0.1) is 12.1 Å². The molecule has 0 spiro atoms. The van der Waals surface area contributed by atoms with Crippen LogP contribution in [0.15, 0.2) is 47.3 Å². The first-order chi connectivity index (χ1) is 11.6. The lowest BCUT2D eigenvalue weighted by Crippen LogP contribution is -2.52. The van der Waals surface area contributed by atoms with E-state index < -0.39 is 6.10 Å². The summed E-state index contributed by atoms with van der Waals surface area (Å²) in [6.07, 6.45) is 1.47. The molecule has 1 saturated heterocycles. The zero-order chi connectivity index (χ0) is 17.1. The highest BCUT2D eigenvalue weighted by Crippen LogP contribution is 2.23. The molecule has 1 N–H and O–H groups in total. The van der Waals surface area contributed by atoms with Crippen LogP contribution in [0.2, 0.25) is 0 Å². The van der Waals surface area contributed by atoms with Crippen molar-refractivity contribution in [3.8, 4) is 0 Å². The number of aliphatic hydroxyl groups excluding tert-OH is 1. The Bertz CT molecular complexity index is 773. The van der Waals surface area contributed by atoms with Crippen LogP contribution in [0.25, 0.3) is 0 Å². The molecule has 1 amide bonds. The fraction of sp³-hybridized carbons (Fsp3) is 0.389. The second-order valence-electron chi connectivity index (χ2n) is 6.15. The third kappa shape index (κ3) is 3.38. The number of hydrogen-bond donors (Lipinski definition) is 1. The van der Waals surface area contributed by atoms with Gasteiger partial charge in [-0.2, -0.15) is 5.10 Å². The maximum atomic E-state index is 12.8. The number of aromatic nitrogens is 2. The van der Waals surface area contributed by atoms with Crippen molar-refractivity contribution in [2.75, 3.05) is 6.54 Å². The number of benzene rings is 1. The summed E-state index contributed by atoms with van der Waals surface area (Å²) < 4.78 is 1.15. The molecular formula is C18H21N3O3. The van der Waals surface area contributed by atoms with E-state index in [2.05, 4.69) is 5.10 Å². The fourth-order valence-electron chi connectivity index (χ4n) is 3.15. The first-order valence-corrected chi connectivity index (χ1v) is 8.13. The number of nitrogens with zero attached hydrogens (tertiary/aromatic N) is 3. The number of aryl methyl sites for hydroxylation is 1. The number of rotatable bonds is 3. The fourth-order valence-corrected chi connectivity index (χ4v) is 3.15. The van der Waals surface area contributed by atoms with Gasteiger partial charge in [-0.25, -0.2) is 4.68 Å². The summed E-state index contributed by atoms with van der Waals surface area (Å²) in [5, 5.41) is 14.5. The van der Waals surface area contributed by atoms with Crippen LogP contribution in [0.1, 0.15) is 28.9 Å². The van der Waals surface area contributed by atoms with Gasteiger partial charge in [0.15, 0.2) is 0 Å². The SMILES string of the molecule is Cn1nc(C(=O)N2CCC[C@H](O)[C@@H]2Cc2ccccc2)ccc1=O. The molecule has 2 atom stereocenters. The minimum Gasteiger partial charge on any atom is -0.391 e. The van der Waals surface area contributed by atoms with Crippen molar-refractivity contribution in [3.63, 3.8) is 0 Å². The lowest BCUT2D eigenvalue weighted by molar-refractivity contribution is 0.0113. The van der Waals surface area contributed by atoms with Gasteiger partial charge < -0.3 is 10.0 Å². The normalized spacial score (nSPS) is 20.8. The molecule has 1 aliphatic rings. The van der Waals surface area contributed by atoms with Crippen molar-refractivity contribution in [3.05, 3.63) is 64.1 Å². The Kier molecular flexibility index (Phi) is 4.76. The summed E-state index contributed by atoms with van der Waals surface area (Å²) in [4.78, 5) is 26.0. The third-order valence-corrected chi connectivity index (χ3v) is 4.47. The predicted octanol–water partition coefficient (Wildman–Crippen LogP) is 0.988. The maximum Gasteiger partial charge on any atom is 0.274 e. The Morgan fingerprint density at radius 2 is 2.00 bits per heavy atom. The Labute approximate surface area is 140 Å². The molecule has 0 radical (unpaired) electrons. The van der Waals surface area contributed by atoms with Gasteiger partial charge in [-0.1, -0.05) is 30.3 Å². The molecule has 3 rings (SSSR count). The molecule has 1 aromatic carbocycles. The number of aliphatic hydroxyl groups is 1. The van der Waals surface area contributed by atoms with Crippen LogP contribution in [0, 0.1) is 0 Å². The first-order valence-electron chi connectivity index (χ1n) is 8.13. The number of piperidine rings is 1. The third-order valence-electron chi connectivity index (χ3n) is 4.47. The summed E-state index contributed by atoms with van der Waals surface area (Å²) in [7, 11) is 1.52. The second-order valence-corrected chi connectivity index (χ2v) is 6.15. The van der Waals surface area contributed by atoms with Crippen molar-refractivity contribution in [1.82, 2.24) is 14.7 Å². The molecule has 1 aromatic heterocycles. The van der Waals surface area contributed by atoms with Crippen molar-refractivity contribution in [2.45, 2.75) is 31.4 Å². The summed E-state index contributed by atoms with van der Waals surface area (Å²) in [6, 6.07) is 12.3. The zero-order valence-electron chi connectivity index (χ0n) is 13.6. The average Bonchev–Trinajstić information content (AvgIpc) is 2.59.